The summed E-state index contributed by atoms with van der Waals surface area (Å²) in [4.78, 5) is 27.0. The maximum absolute atomic E-state index is 11.8. The Morgan fingerprint density at radius 3 is 2.45 bits per heavy atom. The van der Waals surface area contributed by atoms with Crippen molar-refractivity contribution in [3.05, 3.63) is 52.8 Å². The van der Waals surface area contributed by atoms with E-state index in [1.165, 1.54) is 37.6 Å². The zero-order valence-electron chi connectivity index (χ0n) is 10.5. The van der Waals surface area contributed by atoms with Crippen molar-refractivity contribution in [2.45, 2.75) is 0 Å². The van der Waals surface area contributed by atoms with Gasteiger partial charge in [0.1, 0.15) is 5.15 Å². The van der Waals surface area contributed by atoms with Crippen molar-refractivity contribution in [1.82, 2.24) is 4.98 Å². The van der Waals surface area contributed by atoms with E-state index < -0.39 is 11.9 Å². The van der Waals surface area contributed by atoms with E-state index in [0.717, 1.165) is 0 Å². The molecule has 2 aromatic rings. The molecule has 0 aliphatic carbocycles. The molecule has 0 atom stereocenters. The lowest BCUT2D eigenvalue weighted by atomic mass is 9.95. The van der Waals surface area contributed by atoms with Gasteiger partial charge in [-0.3, -0.25) is 0 Å². The first-order valence-electron chi connectivity index (χ1n) is 5.61. The highest BCUT2D eigenvalue weighted by molar-refractivity contribution is 6.29. The number of hydrogen-bond acceptors (Lipinski definition) is 4. The van der Waals surface area contributed by atoms with E-state index in [4.69, 9.17) is 11.6 Å². The summed E-state index contributed by atoms with van der Waals surface area (Å²) in [6, 6.07) is 7.53. The smallest absolute Gasteiger partial charge is 0.338 e. The third kappa shape index (κ3) is 2.62. The average molecular weight is 292 g/mol. The number of benzene rings is 1. The second kappa shape index (κ2) is 5.71. The molecule has 0 unspecified atom stereocenters. The van der Waals surface area contributed by atoms with Crippen LogP contribution in [0.4, 0.5) is 0 Å². The van der Waals surface area contributed by atoms with Crippen LogP contribution in [0.3, 0.4) is 0 Å². The molecular formula is C14H10ClNO4. The van der Waals surface area contributed by atoms with Crippen LogP contribution in [0.2, 0.25) is 5.15 Å². The van der Waals surface area contributed by atoms with Gasteiger partial charge in [-0.05, 0) is 24.3 Å². The summed E-state index contributed by atoms with van der Waals surface area (Å²) in [6.07, 6.45) is 1.41. The minimum atomic E-state index is -1.14. The number of rotatable bonds is 3. The van der Waals surface area contributed by atoms with Gasteiger partial charge in [-0.2, -0.15) is 0 Å². The van der Waals surface area contributed by atoms with Gasteiger partial charge in [0.25, 0.3) is 0 Å². The van der Waals surface area contributed by atoms with Crippen molar-refractivity contribution in [2.24, 2.45) is 0 Å². The predicted molar refractivity (Wildman–Crippen MR) is 73.0 cm³/mol. The van der Waals surface area contributed by atoms with Crippen LogP contribution in [0, 0.1) is 0 Å². The zero-order valence-corrected chi connectivity index (χ0v) is 11.2. The Kier molecular flexibility index (Phi) is 4.00. The fraction of sp³-hybridized carbons (Fsp3) is 0.0714. The predicted octanol–water partition coefficient (Wildman–Crippen LogP) is 2.89. The summed E-state index contributed by atoms with van der Waals surface area (Å²) in [6.45, 7) is 0. The van der Waals surface area contributed by atoms with Crippen molar-refractivity contribution in [3.8, 4) is 11.1 Å². The zero-order chi connectivity index (χ0) is 14.7. The Labute approximate surface area is 119 Å². The number of carbonyl (C=O) groups excluding carboxylic acids is 1. The maximum atomic E-state index is 11.8. The third-order valence-corrected chi connectivity index (χ3v) is 2.94. The number of aromatic carboxylic acids is 1. The SMILES string of the molecule is COC(=O)c1cccc(C(=O)O)c1-c1ccc(Cl)nc1. The molecule has 0 amide bonds. The van der Waals surface area contributed by atoms with Gasteiger partial charge in [-0.1, -0.05) is 17.7 Å². The molecule has 0 saturated heterocycles. The van der Waals surface area contributed by atoms with Gasteiger partial charge in [0.05, 0.1) is 18.2 Å². The van der Waals surface area contributed by atoms with E-state index in [1.807, 2.05) is 0 Å². The molecule has 0 saturated carbocycles. The third-order valence-electron chi connectivity index (χ3n) is 2.72. The first-order chi connectivity index (χ1) is 9.54. The quantitative estimate of drug-likeness (QED) is 0.695. The highest BCUT2D eigenvalue weighted by atomic mass is 35.5. The van der Waals surface area contributed by atoms with Crippen molar-refractivity contribution in [3.63, 3.8) is 0 Å². The van der Waals surface area contributed by atoms with Gasteiger partial charge >= 0.3 is 11.9 Å². The summed E-state index contributed by atoms with van der Waals surface area (Å²) < 4.78 is 4.68. The molecule has 1 aromatic heterocycles. The molecule has 0 spiro atoms. The van der Waals surface area contributed by atoms with Crippen LogP contribution >= 0.6 is 11.6 Å². The van der Waals surface area contributed by atoms with E-state index in [9.17, 15) is 14.7 Å². The summed E-state index contributed by atoms with van der Waals surface area (Å²) in [7, 11) is 1.24. The number of carboxylic acids is 1. The molecule has 5 nitrogen and oxygen atoms in total. The lowest BCUT2D eigenvalue weighted by Crippen LogP contribution is -2.08. The molecule has 1 heterocycles. The molecule has 0 bridgehead atoms. The standard InChI is InChI=1S/C14H10ClNO4/c1-20-14(19)10-4-2-3-9(13(17)18)12(10)8-5-6-11(15)16-7-8/h2-7H,1H3,(H,17,18). The molecule has 1 aromatic carbocycles. The summed E-state index contributed by atoms with van der Waals surface area (Å²) in [5.41, 5.74) is 0.900. The van der Waals surface area contributed by atoms with Crippen molar-refractivity contribution in [1.29, 1.82) is 0 Å². The van der Waals surface area contributed by atoms with Gasteiger partial charge in [0.2, 0.25) is 0 Å². The number of carboxylic acid groups (broad SMARTS) is 1. The molecule has 2 rings (SSSR count). The van der Waals surface area contributed by atoms with Crippen LogP contribution in [0.1, 0.15) is 20.7 Å². The topological polar surface area (TPSA) is 76.5 Å². The molecule has 0 aliphatic heterocycles. The van der Waals surface area contributed by atoms with E-state index in [1.54, 1.807) is 6.07 Å². The Morgan fingerprint density at radius 2 is 1.90 bits per heavy atom. The fourth-order valence-electron chi connectivity index (χ4n) is 1.85. The first kappa shape index (κ1) is 14.0. The van der Waals surface area contributed by atoms with Crippen LogP contribution < -0.4 is 0 Å². The number of esters is 1. The van der Waals surface area contributed by atoms with Crippen molar-refractivity contribution >= 4 is 23.5 Å². The first-order valence-corrected chi connectivity index (χ1v) is 5.99. The van der Waals surface area contributed by atoms with Crippen LogP contribution in [-0.2, 0) is 4.74 Å². The van der Waals surface area contributed by atoms with Crippen LogP contribution in [-0.4, -0.2) is 29.1 Å². The summed E-state index contributed by atoms with van der Waals surface area (Å²) in [5.74, 6) is -1.75. The van der Waals surface area contributed by atoms with E-state index in [-0.39, 0.29) is 21.8 Å². The molecule has 0 fully saturated rings. The fourth-order valence-corrected chi connectivity index (χ4v) is 1.96. The Hall–Kier alpha value is -2.40. The normalized spacial score (nSPS) is 10.1. The molecule has 20 heavy (non-hydrogen) atoms. The Morgan fingerprint density at radius 1 is 1.20 bits per heavy atom. The molecule has 102 valence electrons. The number of hydrogen-bond donors (Lipinski definition) is 1. The highest BCUT2D eigenvalue weighted by Crippen LogP contribution is 2.28. The van der Waals surface area contributed by atoms with E-state index in [2.05, 4.69) is 9.72 Å². The van der Waals surface area contributed by atoms with Gasteiger partial charge < -0.3 is 9.84 Å². The van der Waals surface area contributed by atoms with Gasteiger partial charge in [0, 0.05) is 17.3 Å². The number of aromatic nitrogens is 1. The average Bonchev–Trinajstić information content (AvgIpc) is 2.46. The monoisotopic (exact) mass is 291 g/mol. The lowest BCUT2D eigenvalue weighted by Gasteiger charge is -2.11. The molecule has 0 radical (unpaired) electrons. The van der Waals surface area contributed by atoms with E-state index in [0.29, 0.717) is 5.56 Å². The molecular weight excluding hydrogens is 282 g/mol. The Balaban J connectivity index is 2.72. The minimum Gasteiger partial charge on any atom is -0.478 e. The van der Waals surface area contributed by atoms with Crippen LogP contribution in [0.15, 0.2) is 36.5 Å². The lowest BCUT2D eigenvalue weighted by molar-refractivity contribution is 0.0601. The summed E-state index contributed by atoms with van der Waals surface area (Å²) in [5, 5.41) is 9.54. The van der Waals surface area contributed by atoms with E-state index >= 15 is 0 Å². The summed E-state index contributed by atoms with van der Waals surface area (Å²) >= 11 is 5.71. The Bertz CT molecular complexity index is 667. The molecule has 6 heteroatoms. The van der Waals surface area contributed by atoms with Crippen molar-refractivity contribution in [2.75, 3.05) is 7.11 Å². The number of nitrogens with zero attached hydrogens (tertiary/aromatic N) is 1. The van der Waals surface area contributed by atoms with Gasteiger partial charge in [0.15, 0.2) is 0 Å². The van der Waals surface area contributed by atoms with Gasteiger partial charge in [-0.15, -0.1) is 0 Å². The largest absolute Gasteiger partial charge is 0.478 e. The maximum Gasteiger partial charge on any atom is 0.338 e. The second-order valence-electron chi connectivity index (χ2n) is 3.89. The van der Waals surface area contributed by atoms with Crippen LogP contribution in [0.25, 0.3) is 11.1 Å². The number of carbonyl (C=O) groups is 2. The van der Waals surface area contributed by atoms with Crippen LogP contribution in [0.5, 0.6) is 0 Å². The second-order valence-corrected chi connectivity index (χ2v) is 4.28. The molecule has 1 N–H and O–H groups in total. The minimum absolute atomic E-state index is 0.00276. The number of methoxy groups -OCH3 is 1. The van der Waals surface area contributed by atoms with Gasteiger partial charge in [-0.25, -0.2) is 14.6 Å². The number of ether oxygens (including phenoxy) is 1. The van der Waals surface area contributed by atoms with Crippen molar-refractivity contribution < 1.29 is 19.4 Å². The highest BCUT2D eigenvalue weighted by Gasteiger charge is 2.20. The number of pyridine rings is 1. The molecule has 0 aliphatic rings. The number of halogens is 1.